The van der Waals surface area contributed by atoms with Crippen LogP contribution in [0, 0.1) is 0 Å². The van der Waals surface area contributed by atoms with Crippen LogP contribution in [-0.2, 0) is 0 Å². The van der Waals surface area contributed by atoms with Gasteiger partial charge in [0.2, 0.25) is 0 Å². The number of aromatic nitrogens is 4. The molecule has 1 aliphatic carbocycles. The average molecular weight is 282 g/mol. The Balaban J connectivity index is 1.35. The van der Waals surface area contributed by atoms with Crippen LogP contribution < -0.4 is 10.2 Å². The zero-order chi connectivity index (χ0) is 14.1. The molecule has 2 aromatic rings. The Morgan fingerprint density at radius 1 is 1.10 bits per heavy atom. The summed E-state index contributed by atoms with van der Waals surface area (Å²) in [5.41, 5.74) is 1.18. The molecule has 2 fully saturated rings. The fourth-order valence-corrected chi connectivity index (χ4v) is 2.80. The molecule has 1 saturated carbocycles. The molecule has 4 rings (SSSR count). The van der Waals surface area contributed by atoms with Crippen LogP contribution in [0.4, 0.5) is 11.6 Å². The maximum atomic E-state index is 4.40. The Morgan fingerprint density at radius 2 is 2.00 bits per heavy atom. The Hall–Kier alpha value is -2.24. The maximum absolute atomic E-state index is 4.40. The van der Waals surface area contributed by atoms with Gasteiger partial charge in [-0.3, -0.25) is 4.98 Å². The lowest BCUT2D eigenvalue weighted by atomic mass is 9.83. The van der Waals surface area contributed by atoms with Gasteiger partial charge in [-0.05, 0) is 12.8 Å². The smallest absolute Gasteiger partial charge is 0.147 e. The molecular weight excluding hydrogens is 264 g/mol. The van der Waals surface area contributed by atoms with Gasteiger partial charge in [-0.1, -0.05) is 6.42 Å². The fraction of sp³-hybridized carbons (Fsp3) is 0.467. The number of rotatable bonds is 4. The van der Waals surface area contributed by atoms with Crippen LogP contribution in [0.5, 0.6) is 0 Å². The Kier molecular flexibility index (Phi) is 3.14. The van der Waals surface area contributed by atoms with E-state index in [0.29, 0.717) is 12.0 Å². The summed E-state index contributed by atoms with van der Waals surface area (Å²) in [4.78, 5) is 19.3. The molecule has 0 radical (unpaired) electrons. The molecule has 1 aliphatic heterocycles. The summed E-state index contributed by atoms with van der Waals surface area (Å²) in [5.74, 6) is 2.52. The van der Waals surface area contributed by atoms with Crippen molar-refractivity contribution < 1.29 is 0 Å². The summed E-state index contributed by atoms with van der Waals surface area (Å²) in [6.07, 6.45) is 10.8. The van der Waals surface area contributed by atoms with E-state index in [9.17, 15) is 0 Å². The largest absolute Gasteiger partial charge is 0.364 e. The van der Waals surface area contributed by atoms with E-state index in [4.69, 9.17) is 0 Å². The van der Waals surface area contributed by atoms with E-state index in [1.165, 1.54) is 25.0 Å². The SMILES string of the molecule is c1cnc(N2CC(Nc3cc(C4CCC4)ncn3)C2)cn1. The van der Waals surface area contributed by atoms with Crippen LogP contribution >= 0.6 is 0 Å². The standard InChI is InChI=1S/C15H18N6/c1-2-11(3-1)13-6-14(19-10-18-13)20-12-8-21(9-12)15-7-16-4-5-17-15/h4-7,10-12H,1-3,8-9H2,(H,18,19,20). The molecule has 1 saturated heterocycles. The van der Waals surface area contributed by atoms with E-state index in [-0.39, 0.29) is 0 Å². The lowest BCUT2D eigenvalue weighted by Crippen LogP contribution is -2.55. The van der Waals surface area contributed by atoms with Gasteiger partial charge in [0.25, 0.3) is 0 Å². The van der Waals surface area contributed by atoms with Crippen molar-refractivity contribution in [3.05, 3.63) is 36.7 Å². The summed E-state index contributed by atoms with van der Waals surface area (Å²) in [5, 5.41) is 3.48. The lowest BCUT2D eigenvalue weighted by Gasteiger charge is -2.40. The van der Waals surface area contributed by atoms with Crippen LogP contribution in [0.25, 0.3) is 0 Å². The molecule has 6 nitrogen and oxygen atoms in total. The number of hydrogen-bond acceptors (Lipinski definition) is 6. The van der Waals surface area contributed by atoms with Gasteiger partial charge >= 0.3 is 0 Å². The summed E-state index contributed by atoms with van der Waals surface area (Å²) in [6.45, 7) is 1.86. The predicted octanol–water partition coefficient (Wildman–Crippen LogP) is 1.83. The molecule has 21 heavy (non-hydrogen) atoms. The second kappa shape index (κ2) is 5.27. The molecule has 1 N–H and O–H groups in total. The van der Waals surface area contributed by atoms with Gasteiger partial charge in [0.1, 0.15) is 18.0 Å². The van der Waals surface area contributed by atoms with Gasteiger partial charge < -0.3 is 10.2 Å². The topological polar surface area (TPSA) is 66.8 Å². The molecule has 108 valence electrons. The molecule has 3 heterocycles. The summed E-state index contributed by atoms with van der Waals surface area (Å²) in [7, 11) is 0. The van der Waals surface area contributed by atoms with Crippen molar-refractivity contribution in [3.63, 3.8) is 0 Å². The minimum Gasteiger partial charge on any atom is -0.364 e. The van der Waals surface area contributed by atoms with Crippen molar-refractivity contribution >= 4 is 11.6 Å². The molecule has 0 unspecified atom stereocenters. The first kappa shape index (κ1) is 12.5. The molecule has 6 heteroatoms. The fourth-order valence-electron chi connectivity index (χ4n) is 2.80. The average Bonchev–Trinajstić information content (AvgIpc) is 2.42. The van der Waals surface area contributed by atoms with E-state index < -0.39 is 0 Å². The summed E-state index contributed by atoms with van der Waals surface area (Å²) in [6, 6.07) is 2.52. The van der Waals surface area contributed by atoms with Gasteiger partial charge in [0.05, 0.1) is 12.2 Å². The van der Waals surface area contributed by atoms with Gasteiger partial charge in [-0.15, -0.1) is 0 Å². The molecule has 2 aliphatic rings. The van der Waals surface area contributed by atoms with Gasteiger partial charge in [0.15, 0.2) is 0 Å². The van der Waals surface area contributed by atoms with Crippen LogP contribution in [0.2, 0.25) is 0 Å². The molecule has 0 spiro atoms. The lowest BCUT2D eigenvalue weighted by molar-refractivity contribution is 0.410. The highest BCUT2D eigenvalue weighted by Gasteiger charge is 2.28. The van der Waals surface area contributed by atoms with Crippen LogP contribution in [0.15, 0.2) is 31.0 Å². The highest BCUT2D eigenvalue weighted by Crippen LogP contribution is 2.35. The molecular formula is C15H18N6. The highest BCUT2D eigenvalue weighted by atomic mass is 15.3. The van der Waals surface area contributed by atoms with Crippen molar-refractivity contribution in [2.45, 2.75) is 31.2 Å². The Labute approximate surface area is 123 Å². The van der Waals surface area contributed by atoms with Gasteiger partial charge in [-0.2, -0.15) is 0 Å². The van der Waals surface area contributed by atoms with E-state index in [1.54, 1.807) is 24.9 Å². The minimum atomic E-state index is 0.413. The van der Waals surface area contributed by atoms with Crippen LogP contribution in [-0.4, -0.2) is 39.1 Å². The van der Waals surface area contributed by atoms with E-state index >= 15 is 0 Å². The second-order valence-electron chi connectivity index (χ2n) is 5.77. The van der Waals surface area contributed by atoms with Gasteiger partial charge in [-0.25, -0.2) is 15.0 Å². The van der Waals surface area contributed by atoms with Crippen molar-refractivity contribution in [2.75, 3.05) is 23.3 Å². The molecule has 2 aromatic heterocycles. The van der Waals surface area contributed by atoms with E-state index in [1.807, 2.05) is 0 Å². The third kappa shape index (κ3) is 2.53. The third-order valence-corrected chi connectivity index (χ3v) is 4.32. The zero-order valence-corrected chi connectivity index (χ0v) is 11.8. The van der Waals surface area contributed by atoms with Crippen LogP contribution in [0.3, 0.4) is 0 Å². The molecule has 0 aromatic carbocycles. The molecule has 0 bridgehead atoms. The maximum Gasteiger partial charge on any atom is 0.147 e. The van der Waals surface area contributed by atoms with Gasteiger partial charge in [0, 0.05) is 43.2 Å². The van der Waals surface area contributed by atoms with Crippen molar-refractivity contribution in [1.29, 1.82) is 0 Å². The quantitative estimate of drug-likeness (QED) is 0.923. The minimum absolute atomic E-state index is 0.413. The van der Waals surface area contributed by atoms with Crippen molar-refractivity contribution in [2.24, 2.45) is 0 Å². The zero-order valence-electron chi connectivity index (χ0n) is 11.8. The predicted molar refractivity (Wildman–Crippen MR) is 80.3 cm³/mol. The molecule has 0 amide bonds. The van der Waals surface area contributed by atoms with Crippen molar-refractivity contribution in [1.82, 2.24) is 19.9 Å². The number of nitrogens with one attached hydrogen (secondary N) is 1. The van der Waals surface area contributed by atoms with Crippen LogP contribution in [0.1, 0.15) is 30.9 Å². The number of nitrogens with zero attached hydrogens (tertiary/aromatic N) is 5. The monoisotopic (exact) mass is 282 g/mol. The first-order chi connectivity index (χ1) is 10.4. The summed E-state index contributed by atoms with van der Waals surface area (Å²) >= 11 is 0. The van der Waals surface area contributed by atoms with E-state index in [0.717, 1.165) is 24.7 Å². The first-order valence-corrected chi connectivity index (χ1v) is 7.48. The summed E-state index contributed by atoms with van der Waals surface area (Å²) < 4.78 is 0. The second-order valence-corrected chi connectivity index (χ2v) is 5.77. The third-order valence-electron chi connectivity index (χ3n) is 4.32. The Morgan fingerprint density at radius 3 is 2.71 bits per heavy atom. The Bertz CT molecular complexity index is 607. The first-order valence-electron chi connectivity index (χ1n) is 7.48. The number of hydrogen-bond donors (Lipinski definition) is 1. The normalized spacial score (nSPS) is 19.0. The van der Waals surface area contributed by atoms with E-state index in [2.05, 4.69) is 36.2 Å². The van der Waals surface area contributed by atoms with Crippen molar-refractivity contribution in [3.8, 4) is 0 Å². The highest BCUT2D eigenvalue weighted by molar-refractivity contribution is 5.45. The number of anilines is 2. The molecule has 0 atom stereocenters.